The van der Waals surface area contributed by atoms with Gasteiger partial charge in [0, 0.05) is 24.1 Å². The summed E-state index contributed by atoms with van der Waals surface area (Å²) in [5.41, 5.74) is 0.590. The Labute approximate surface area is 191 Å². The molecule has 0 unspecified atom stereocenters. The molecule has 0 radical (unpaired) electrons. The number of nitrogens with zero attached hydrogens (tertiary/aromatic N) is 4. The van der Waals surface area contributed by atoms with Gasteiger partial charge < -0.3 is 14.8 Å². The monoisotopic (exact) mass is 467 g/mol. The van der Waals surface area contributed by atoms with E-state index in [4.69, 9.17) is 9.47 Å². The molecule has 5 rings (SSSR count). The van der Waals surface area contributed by atoms with E-state index in [0.29, 0.717) is 41.2 Å². The number of carbonyl (C=O) groups is 1. The molecule has 4 aromatic rings. The highest BCUT2D eigenvalue weighted by atomic mass is 32.2. The molecule has 11 heteroatoms. The molecule has 3 heterocycles. The molecule has 0 bridgehead atoms. The molecule has 1 N–H and O–H groups in total. The van der Waals surface area contributed by atoms with Gasteiger partial charge in [-0.05, 0) is 37.3 Å². The summed E-state index contributed by atoms with van der Waals surface area (Å²) in [6, 6.07) is 10.9. The first-order chi connectivity index (χ1) is 16.0. The van der Waals surface area contributed by atoms with Crippen LogP contribution in [0.5, 0.6) is 11.5 Å². The smallest absolute Gasteiger partial charge is 0.300 e. The summed E-state index contributed by atoms with van der Waals surface area (Å²) in [6.07, 6.45) is 3.12. The minimum absolute atomic E-state index is 0.0729. The van der Waals surface area contributed by atoms with Gasteiger partial charge in [0.05, 0.1) is 10.9 Å². The van der Waals surface area contributed by atoms with Crippen molar-refractivity contribution < 1.29 is 18.7 Å². The van der Waals surface area contributed by atoms with Gasteiger partial charge in [-0.25, -0.2) is 4.39 Å². The van der Waals surface area contributed by atoms with Crippen LogP contribution in [0.4, 0.5) is 10.1 Å². The number of halogens is 1. The van der Waals surface area contributed by atoms with Crippen LogP contribution in [-0.2, 0) is 4.79 Å². The van der Waals surface area contributed by atoms with E-state index in [2.05, 4.69) is 15.5 Å². The Hall–Kier alpha value is -3.86. The second-order valence-corrected chi connectivity index (χ2v) is 8.55. The van der Waals surface area contributed by atoms with Crippen molar-refractivity contribution in [3.05, 3.63) is 71.0 Å². The molecule has 9 nitrogen and oxygen atoms in total. The molecule has 0 saturated carbocycles. The number of amides is 1. The van der Waals surface area contributed by atoms with Crippen molar-refractivity contribution in [3.8, 4) is 17.2 Å². The van der Waals surface area contributed by atoms with Crippen LogP contribution in [0.25, 0.3) is 11.3 Å². The summed E-state index contributed by atoms with van der Waals surface area (Å²) >= 11 is 1.16. The maximum absolute atomic E-state index is 13.6. The fourth-order valence-electron chi connectivity index (χ4n) is 3.35. The quantitative estimate of drug-likeness (QED) is 0.451. The predicted octanol–water partition coefficient (Wildman–Crippen LogP) is 2.91. The van der Waals surface area contributed by atoms with Crippen LogP contribution >= 0.6 is 11.8 Å². The minimum atomic E-state index is -0.531. The third-order valence-corrected chi connectivity index (χ3v) is 6.04. The van der Waals surface area contributed by atoms with Crippen LogP contribution < -0.4 is 20.3 Å². The fourth-order valence-corrected chi connectivity index (χ4v) is 4.18. The van der Waals surface area contributed by atoms with Crippen LogP contribution in [0.2, 0.25) is 0 Å². The summed E-state index contributed by atoms with van der Waals surface area (Å²) in [7, 11) is 0. The number of thioether (sulfide) groups is 1. The molecule has 1 aliphatic heterocycles. The second kappa shape index (κ2) is 8.58. The highest BCUT2D eigenvalue weighted by Crippen LogP contribution is 2.33. The van der Waals surface area contributed by atoms with Crippen molar-refractivity contribution in [1.29, 1.82) is 0 Å². The van der Waals surface area contributed by atoms with Gasteiger partial charge in [0.25, 0.3) is 0 Å². The molecule has 1 amide bonds. The van der Waals surface area contributed by atoms with Crippen molar-refractivity contribution in [2.75, 3.05) is 18.5 Å². The fraction of sp³-hybridized carbons (Fsp3) is 0.182. The van der Waals surface area contributed by atoms with Crippen molar-refractivity contribution in [1.82, 2.24) is 19.2 Å². The summed E-state index contributed by atoms with van der Waals surface area (Å²) in [4.78, 5) is 25.6. The van der Waals surface area contributed by atoms with E-state index < -0.39 is 16.6 Å². The SMILES string of the molecule is C[C@H](Sc1nnc2c(=O)n(-c3cccc(F)c3)ccn12)C(=O)Nc1ccc2c(c1)OCCO2. The number of carbonyl (C=O) groups excluding carboxylic acids is 1. The Balaban J connectivity index is 1.34. The molecule has 1 atom stereocenters. The van der Waals surface area contributed by atoms with Crippen molar-refractivity contribution in [2.24, 2.45) is 0 Å². The Bertz CT molecular complexity index is 1420. The molecular weight excluding hydrogens is 449 g/mol. The molecule has 0 saturated heterocycles. The minimum Gasteiger partial charge on any atom is -0.486 e. The average molecular weight is 467 g/mol. The third kappa shape index (κ3) is 4.14. The van der Waals surface area contributed by atoms with Gasteiger partial charge in [-0.2, -0.15) is 0 Å². The van der Waals surface area contributed by atoms with Crippen LogP contribution in [-0.4, -0.2) is 43.5 Å². The zero-order valence-corrected chi connectivity index (χ0v) is 18.2. The Kier molecular flexibility index (Phi) is 5.47. The lowest BCUT2D eigenvalue weighted by atomic mass is 10.2. The van der Waals surface area contributed by atoms with E-state index in [0.717, 1.165) is 11.8 Å². The van der Waals surface area contributed by atoms with Crippen molar-refractivity contribution in [2.45, 2.75) is 17.3 Å². The summed E-state index contributed by atoms with van der Waals surface area (Å²) in [5.74, 6) is 0.522. The van der Waals surface area contributed by atoms with E-state index in [1.54, 1.807) is 37.4 Å². The van der Waals surface area contributed by atoms with Crippen LogP contribution in [0.3, 0.4) is 0 Å². The van der Waals surface area contributed by atoms with E-state index in [-0.39, 0.29) is 11.6 Å². The van der Waals surface area contributed by atoms with E-state index in [9.17, 15) is 14.0 Å². The van der Waals surface area contributed by atoms with Gasteiger partial charge in [0.2, 0.25) is 11.6 Å². The zero-order valence-electron chi connectivity index (χ0n) is 17.4. The zero-order chi connectivity index (χ0) is 22.9. The molecule has 33 heavy (non-hydrogen) atoms. The Morgan fingerprint density at radius 1 is 1.12 bits per heavy atom. The predicted molar refractivity (Wildman–Crippen MR) is 120 cm³/mol. The molecule has 2 aromatic carbocycles. The van der Waals surface area contributed by atoms with Crippen molar-refractivity contribution in [3.63, 3.8) is 0 Å². The van der Waals surface area contributed by atoms with Gasteiger partial charge >= 0.3 is 5.56 Å². The van der Waals surface area contributed by atoms with E-state index in [1.807, 2.05) is 0 Å². The Morgan fingerprint density at radius 3 is 2.76 bits per heavy atom. The standard InChI is InChI=1S/C22H18FN5O4S/c1-13(20(29)24-15-5-6-17-18(12-15)32-10-9-31-17)33-22-26-25-19-21(30)27(7-8-28(19)22)16-4-2-3-14(23)11-16/h2-8,11-13H,9-10H2,1H3,(H,24,29)/t13-/m0/s1. The van der Waals surface area contributed by atoms with E-state index in [1.165, 1.54) is 33.4 Å². The lowest BCUT2D eigenvalue weighted by Gasteiger charge is -2.19. The topological polar surface area (TPSA) is 99.8 Å². The molecule has 168 valence electrons. The number of anilines is 1. The third-order valence-electron chi connectivity index (χ3n) is 4.99. The number of ether oxygens (including phenoxy) is 2. The highest BCUT2D eigenvalue weighted by molar-refractivity contribution is 8.00. The first-order valence-electron chi connectivity index (χ1n) is 10.1. The van der Waals surface area contributed by atoms with Gasteiger partial charge in [-0.3, -0.25) is 18.6 Å². The molecule has 1 aliphatic rings. The van der Waals surface area contributed by atoms with Gasteiger partial charge in [0.1, 0.15) is 19.0 Å². The van der Waals surface area contributed by atoms with Gasteiger partial charge in [-0.15, -0.1) is 10.2 Å². The number of hydrogen-bond donors (Lipinski definition) is 1. The number of rotatable bonds is 5. The molecule has 0 spiro atoms. The molecule has 2 aromatic heterocycles. The van der Waals surface area contributed by atoms with E-state index >= 15 is 0 Å². The van der Waals surface area contributed by atoms with Gasteiger partial charge in [0.15, 0.2) is 16.7 Å². The number of benzene rings is 2. The second-order valence-electron chi connectivity index (χ2n) is 7.24. The first kappa shape index (κ1) is 21.0. The normalized spacial score (nSPS) is 13.6. The number of fused-ring (bicyclic) bond motifs is 2. The summed E-state index contributed by atoms with van der Waals surface area (Å²) in [6.45, 7) is 2.68. The molecule has 0 fully saturated rings. The van der Waals surface area contributed by atoms with Crippen LogP contribution in [0.15, 0.2) is 64.8 Å². The van der Waals surface area contributed by atoms with Crippen LogP contribution in [0, 0.1) is 5.82 Å². The highest BCUT2D eigenvalue weighted by Gasteiger charge is 2.20. The largest absolute Gasteiger partial charge is 0.486 e. The number of hydrogen-bond acceptors (Lipinski definition) is 7. The molecular formula is C22H18FN5O4S. The Morgan fingerprint density at radius 2 is 1.94 bits per heavy atom. The first-order valence-corrected chi connectivity index (χ1v) is 11.0. The summed E-state index contributed by atoms with van der Waals surface area (Å²) < 4.78 is 27.4. The lowest BCUT2D eigenvalue weighted by molar-refractivity contribution is -0.115. The maximum Gasteiger partial charge on any atom is 0.300 e. The van der Waals surface area contributed by atoms with Crippen molar-refractivity contribution >= 4 is 29.0 Å². The molecule has 0 aliphatic carbocycles. The van der Waals surface area contributed by atoms with Gasteiger partial charge in [-0.1, -0.05) is 17.8 Å². The van der Waals surface area contributed by atoms with Crippen LogP contribution in [0.1, 0.15) is 6.92 Å². The lowest BCUT2D eigenvalue weighted by Crippen LogP contribution is -2.23. The maximum atomic E-state index is 13.6. The number of aromatic nitrogens is 4. The summed E-state index contributed by atoms with van der Waals surface area (Å²) in [5, 5.41) is 10.7. The number of nitrogens with one attached hydrogen (secondary N) is 1. The average Bonchev–Trinajstić information content (AvgIpc) is 3.22.